The molecule has 0 aromatic heterocycles. The topological polar surface area (TPSA) is 78.9 Å². The predicted molar refractivity (Wildman–Crippen MR) is 47.4 cm³/mol. The van der Waals surface area contributed by atoms with E-state index in [2.05, 4.69) is 5.32 Å². The zero-order chi connectivity index (χ0) is 9.68. The molecule has 3 N–H and O–H groups in total. The second kappa shape index (κ2) is 4.12. The second-order valence-electron chi connectivity index (χ2n) is 2.53. The fourth-order valence-corrected chi connectivity index (χ4v) is 0.928. The van der Waals surface area contributed by atoms with Crippen LogP contribution in [0.5, 0.6) is 0 Å². The van der Waals surface area contributed by atoms with Crippen molar-refractivity contribution >= 4 is 5.91 Å². The molecule has 1 aromatic carbocycles. The highest BCUT2D eigenvalue weighted by Gasteiger charge is 1.98. The number of nitrogens with two attached hydrogens (primary N) is 1. The van der Waals surface area contributed by atoms with Crippen molar-refractivity contribution in [3.05, 3.63) is 35.4 Å². The summed E-state index contributed by atoms with van der Waals surface area (Å²) in [6, 6.07) is 6.78. The number of carbonyl (C=O) groups excluding carboxylic acids is 1. The maximum atomic E-state index is 10.7. The zero-order valence-corrected chi connectivity index (χ0v) is 6.95. The lowest BCUT2D eigenvalue weighted by molar-refractivity contribution is 0.100. The average molecular weight is 175 g/mol. The van der Waals surface area contributed by atoms with E-state index in [0.717, 1.165) is 5.56 Å². The maximum absolute atomic E-state index is 10.7. The summed E-state index contributed by atoms with van der Waals surface area (Å²) in [6.45, 7) is 0.468. The van der Waals surface area contributed by atoms with Crippen LogP contribution in [-0.2, 0) is 6.54 Å². The largest absolute Gasteiger partial charge is 0.366 e. The molecule has 0 aliphatic heterocycles. The van der Waals surface area contributed by atoms with Gasteiger partial charge in [0.25, 0.3) is 0 Å². The zero-order valence-electron chi connectivity index (χ0n) is 6.95. The molecular weight excluding hydrogens is 166 g/mol. The van der Waals surface area contributed by atoms with Crippen LogP contribution < -0.4 is 11.1 Å². The first-order valence-corrected chi connectivity index (χ1v) is 3.74. The minimum absolute atomic E-state index is 0.445. The van der Waals surface area contributed by atoms with E-state index in [4.69, 9.17) is 11.0 Å². The van der Waals surface area contributed by atoms with Crippen molar-refractivity contribution in [1.29, 1.82) is 5.26 Å². The van der Waals surface area contributed by atoms with Crippen LogP contribution in [0.4, 0.5) is 0 Å². The van der Waals surface area contributed by atoms with Crippen LogP contribution >= 0.6 is 0 Å². The number of benzene rings is 1. The molecule has 4 nitrogen and oxygen atoms in total. The molecule has 1 aromatic rings. The standard InChI is InChI=1S/C9H9N3O/c10-6-12-5-7-1-3-8(4-2-7)9(11)13/h1-4,12H,5H2,(H2,11,13). The minimum atomic E-state index is -0.445. The van der Waals surface area contributed by atoms with E-state index < -0.39 is 5.91 Å². The third-order valence-electron chi connectivity index (χ3n) is 1.61. The number of amides is 1. The van der Waals surface area contributed by atoms with Crippen LogP contribution in [0, 0.1) is 11.5 Å². The highest BCUT2D eigenvalue weighted by atomic mass is 16.1. The van der Waals surface area contributed by atoms with Gasteiger partial charge in [-0.25, -0.2) is 0 Å². The van der Waals surface area contributed by atoms with Crippen molar-refractivity contribution in [3.8, 4) is 6.19 Å². The smallest absolute Gasteiger partial charge is 0.248 e. The van der Waals surface area contributed by atoms with Crippen molar-refractivity contribution < 1.29 is 4.79 Å². The Bertz CT molecular complexity index is 337. The molecule has 66 valence electrons. The number of rotatable bonds is 3. The summed E-state index contributed by atoms with van der Waals surface area (Å²) in [6.07, 6.45) is 1.81. The number of nitriles is 1. The Hall–Kier alpha value is -2.02. The quantitative estimate of drug-likeness (QED) is 0.514. The lowest BCUT2D eigenvalue weighted by Gasteiger charge is -1.99. The monoisotopic (exact) mass is 175 g/mol. The van der Waals surface area contributed by atoms with Gasteiger partial charge in [-0.05, 0) is 17.7 Å². The van der Waals surface area contributed by atoms with Gasteiger partial charge in [0.05, 0.1) is 0 Å². The Labute approximate surface area is 76.0 Å². The summed E-state index contributed by atoms with van der Waals surface area (Å²) in [4.78, 5) is 10.7. The molecular formula is C9H9N3O. The average Bonchev–Trinajstić information content (AvgIpc) is 2.15. The summed E-state index contributed by atoms with van der Waals surface area (Å²) in [5, 5.41) is 10.7. The van der Waals surface area contributed by atoms with Gasteiger partial charge in [-0.1, -0.05) is 12.1 Å². The first kappa shape index (κ1) is 9.07. The van der Waals surface area contributed by atoms with Gasteiger partial charge < -0.3 is 11.1 Å². The van der Waals surface area contributed by atoms with Crippen molar-refractivity contribution in [1.82, 2.24) is 5.32 Å². The molecule has 1 amide bonds. The molecule has 0 radical (unpaired) electrons. The molecule has 0 atom stereocenters. The van der Waals surface area contributed by atoms with E-state index in [-0.39, 0.29) is 0 Å². The number of hydrogen-bond donors (Lipinski definition) is 2. The Morgan fingerprint density at radius 3 is 2.54 bits per heavy atom. The summed E-state index contributed by atoms with van der Waals surface area (Å²) in [5.41, 5.74) is 6.47. The summed E-state index contributed by atoms with van der Waals surface area (Å²) in [7, 11) is 0. The molecule has 0 spiro atoms. The minimum Gasteiger partial charge on any atom is -0.366 e. The lowest BCUT2D eigenvalue weighted by Crippen LogP contribution is -2.11. The molecule has 4 heteroatoms. The van der Waals surface area contributed by atoms with Crippen LogP contribution in [-0.4, -0.2) is 5.91 Å². The second-order valence-corrected chi connectivity index (χ2v) is 2.53. The van der Waals surface area contributed by atoms with Crippen LogP contribution in [0.2, 0.25) is 0 Å². The molecule has 1 rings (SSSR count). The normalized spacial score (nSPS) is 8.85. The Kier molecular flexibility index (Phi) is 2.87. The molecule has 0 aliphatic carbocycles. The highest BCUT2D eigenvalue weighted by molar-refractivity contribution is 5.92. The van der Waals surface area contributed by atoms with Crippen LogP contribution in [0.25, 0.3) is 0 Å². The fraction of sp³-hybridized carbons (Fsp3) is 0.111. The van der Waals surface area contributed by atoms with E-state index >= 15 is 0 Å². The van der Waals surface area contributed by atoms with Gasteiger partial charge in [0, 0.05) is 12.1 Å². The van der Waals surface area contributed by atoms with Crippen LogP contribution in [0.3, 0.4) is 0 Å². The van der Waals surface area contributed by atoms with Gasteiger partial charge in [0.15, 0.2) is 6.19 Å². The third-order valence-corrected chi connectivity index (χ3v) is 1.61. The number of nitrogens with zero attached hydrogens (tertiary/aromatic N) is 1. The number of nitrogens with one attached hydrogen (secondary N) is 1. The Morgan fingerprint density at radius 1 is 1.46 bits per heavy atom. The van der Waals surface area contributed by atoms with E-state index in [1.807, 2.05) is 6.19 Å². The third kappa shape index (κ3) is 2.49. The fourth-order valence-electron chi connectivity index (χ4n) is 0.928. The maximum Gasteiger partial charge on any atom is 0.248 e. The van der Waals surface area contributed by atoms with E-state index in [1.54, 1.807) is 24.3 Å². The summed E-state index contributed by atoms with van der Waals surface area (Å²) in [5.74, 6) is -0.445. The van der Waals surface area contributed by atoms with Gasteiger partial charge in [0.1, 0.15) is 0 Å². The van der Waals surface area contributed by atoms with E-state index in [9.17, 15) is 4.79 Å². The predicted octanol–water partition coefficient (Wildman–Crippen LogP) is 0.356. The van der Waals surface area contributed by atoms with Gasteiger partial charge in [-0.15, -0.1) is 0 Å². The van der Waals surface area contributed by atoms with Crippen molar-refractivity contribution in [2.75, 3.05) is 0 Å². The van der Waals surface area contributed by atoms with Crippen molar-refractivity contribution in [3.63, 3.8) is 0 Å². The molecule has 0 bridgehead atoms. The molecule has 0 saturated carbocycles. The van der Waals surface area contributed by atoms with Gasteiger partial charge in [0.2, 0.25) is 5.91 Å². The van der Waals surface area contributed by atoms with Crippen LogP contribution in [0.15, 0.2) is 24.3 Å². The van der Waals surface area contributed by atoms with Crippen molar-refractivity contribution in [2.45, 2.75) is 6.54 Å². The first-order chi connectivity index (χ1) is 6.24. The molecule has 13 heavy (non-hydrogen) atoms. The van der Waals surface area contributed by atoms with E-state index in [1.165, 1.54) is 0 Å². The van der Waals surface area contributed by atoms with Gasteiger partial charge >= 0.3 is 0 Å². The SMILES string of the molecule is N#CNCc1ccc(C(N)=O)cc1. The molecule has 0 fully saturated rings. The Balaban J connectivity index is 2.71. The number of hydrogen-bond acceptors (Lipinski definition) is 3. The molecule has 0 heterocycles. The van der Waals surface area contributed by atoms with Crippen LogP contribution in [0.1, 0.15) is 15.9 Å². The summed E-state index contributed by atoms with van der Waals surface area (Å²) < 4.78 is 0. The number of primary amides is 1. The highest BCUT2D eigenvalue weighted by Crippen LogP contribution is 2.02. The van der Waals surface area contributed by atoms with Gasteiger partial charge in [-0.2, -0.15) is 5.26 Å². The first-order valence-electron chi connectivity index (χ1n) is 3.74. The number of carbonyl (C=O) groups is 1. The van der Waals surface area contributed by atoms with Gasteiger partial charge in [-0.3, -0.25) is 4.79 Å². The summed E-state index contributed by atoms with van der Waals surface area (Å²) >= 11 is 0. The van der Waals surface area contributed by atoms with Crippen molar-refractivity contribution in [2.24, 2.45) is 5.73 Å². The van der Waals surface area contributed by atoms with E-state index in [0.29, 0.717) is 12.1 Å². The molecule has 0 unspecified atom stereocenters. The molecule has 0 saturated heterocycles. The lowest BCUT2D eigenvalue weighted by atomic mass is 10.1. The molecule has 0 aliphatic rings. The Morgan fingerprint density at radius 2 is 2.08 bits per heavy atom.